The van der Waals surface area contributed by atoms with E-state index in [1.807, 2.05) is 25.1 Å². The van der Waals surface area contributed by atoms with Crippen LogP contribution in [0, 0.1) is 0 Å². The Morgan fingerprint density at radius 2 is 2.00 bits per heavy atom. The van der Waals surface area contributed by atoms with Gasteiger partial charge >= 0.3 is 0 Å². The molecule has 1 amide bonds. The molecule has 0 bridgehead atoms. The van der Waals surface area contributed by atoms with Gasteiger partial charge in [0.15, 0.2) is 5.96 Å². The van der Waals surface area contributed by atoms with Gasteiger partial charge in [-0.3, -0.25) is 9.79 Å². The maximum absolute atomic E-state index is 11.7. The van der Waals surface area contributed by atoms with Crippen LogP contribution in [0.4, 0.5) is 5.69 Å². The first-order chi connectivity index (χ1) is 11.7. The monoisotopic (exact) mass is 458 g/mol. The highest BCUT2D eigenvalue weighted by molar-refractivity contribution is 14.0. The van der Waals surface area contributed by atoms with Crippen molar-refractivity contribution in [1.29, 1.82) is 0 Å². The Morgan fingerprint density at radius 3 is 2.68 bits per heavy atom. The van der Waals surface area contributed by atoms with Gasteiger partial charge in [0.05, 0.1) is 0 Å². The second kappa shape index (κ2) is 12.1. The first-order valence-electron chi connectivity index (χ1n) is 9.07. The molecule has 25 heavy (non-hydrogen) atoms. The molecule has 6 heteroatoms. The minimum atomic E-state index is 0. The number of carbonyl (C=O) groups excluding carboxylic acids is 1. The first kappa shape index (κ1) is 21.7. The van der Waals surface area contributed by atoms with E-state index >= 15 is 0 Å². The topological polar surface area (TPSA) is 65.5 Å². The number of carbonyl (C=O) groups is 1. The van der Waals surface area contributed by atoms with E-state index in [9.17, 15) is 4.79 Å². The molecule has 1 aromatic rings. The Bertz CT molecular complexity index is 556. The third-order valence-corrected chi connectivity index (χ3v) is 4.32. The normalized spacial score (nSPS) is 15.2. The molecule has 0 heterocycles. The number of halogens is 1. The molecule has 0 unspecified atom stereocenters. The van der Waals surface area contributed by atoms with E-state index in [0.29, 0.717) is 19.0 Å². The zero-order valence-corrected chi connectivity index (χ0v) is 17.6. The van der Waals surface area contributed by atoms with Crippen molar-refractivity contribution in [1.82, 2.24) is 10.6 Å². The Kier molecular flexibility index (Phi) is 10.5. The standard InChI is InChI=1S/C19H30N4O.HI/c1-3-8-18(24)22-17-12-7-9-15(13-17)14-21-19(20-2)23-16-10-5-4-6-11-16;/h7,9,12-13,16H,3-6,8,10-11,14H2,1-2H3,(H,22,24)(H2,20,21,23);1H. The second-order valence-electron chi connectivity index (χ2n) is 6.40. The largest absolute Gasteiger partial charge is 0.354 e. The van der Waals surface area contributed by atoms with Crippen LogP contribution < -0.4 is 16.0 Å². The summed E-state index contributed by atoms with van der Waals surface area (Å²) in [6.07, 6.45) is 7.80. The van der Waals surface area contributed by atoms with Crippen molar-refractivity contribution < 1.29 is 4.79 Å². The van der Waals surface area contributed by atoms with Gasteiger partial charge in [-0.2, -0.15) is 0 Å². The van der Waals surface area contributed by atoms with E-state index in [2.05, 4.69) is 27.0 Å². The number of rotatable bonds is 6. The molecule has 1 aliphatic carbocycles. The summed E-state index contributed by atoms with van der Waals surface area (Å²) in [4.78, 5) is 16.0. The summed E-state index contributed by atoms with van der Waals surface area (Å²) in [6, 6.07) is 8.48. The van der Waals surface area contributed by atoms with Crippen LogP contribution in [-0.2, 0) is 11.3 Å². The van der Waals surface area contributed by atoms with Gasteiger partial charge in [0.1, 0.15) is 0 Å². The van der Waals surface area contributed by atoms with Gasteiger partial charge < -0.3 is 16.0 Å². The second-order valence-corrected chi connectivity index (χ2v) is 6.40. The smallest absolute Gasteiger partial charge is 0.224 e. The molecular weight excluding hydrogens is 427 g/mol. The number of benzene rings is 1. The van der Waals surface area contributed by atoms with Crippen molar-refractivity contribution in [2.24, 2.45) is 4.99 Å². The van der Waals surface area contributed by atoms with E-state index in [-0.39, 0.29) is 29.9 Å². The molecule has 0 spiro atoms. The minimum Gasteiger partial charge on any atom is -0.354 e. The third kappa shape index (κ3) is 8.07. The van der Waals surface area contributed by atoms with Crippen LogP contribution in [0.5, 0.6) is 0 Å². The van der Waals surface area contributed by atoms with Gasteiger partial charge in [0.2, 0.25) is 5.91 Å². The van der Waals surface area contributed by atoms with Gasteiger partial charge in [0.25, 0.3) is 0 Å². The summed E-state index contributed by atoms with van der Waals surface area (Å²) < 4.78 is 0. The average Bonchev–Trinajstić information content (AvgIpc) is 2.60. The number of nitrogens with one attached hydrogen (secondary N) is 3. The molecular formula is C19H31IN4O. The summed E-state index contributed by atoms with van der Waals surface area (Å²) in [7, 11) is 1.81. The van der Waals surface area contributed by atoms with Gasteiger partial charge in [-0.25, -0.2) is 0 Å². The first-order valence-corrected chi connectivity index (χ1v) is 9.07. The van der Waals surface area contributed by atoms with Gasteiger partial charge in [-0.05, 0) is 37.0 Å². The molecule has 1 saturated carbocycles. The van der Waals surface area contributed by atoms with Crippen LogP contribution in [0.1, 0.15) is 57.4 Å². The molecule has 0 atom stereocenters. The van der Waals surface area contributed by atoms with E-state index in [0.717, 1.165) is 23.6 Å². The van der Waals surface area contributed by atoms with Gasteiger partial charge in [-0.1, -0.05) is 38.3 Å². The Morgan fingerprint density at radius 1 is 1.24 bits per heavy atom. The number of hydrogen-bond acceptors (Lipinski definition) is 2. The Balaban J connectivity index is 0.00000312. The lowest BCUT2D eigenvalue weighted by molar-refractivity contribution is -0.116. The highest BCUT2D eigenvalue weighted by Gasteiger charge is 2.14. The van der Waals surface area contributed by atoms with Gasteiger partial charge in [-0.15, -0.1) is 24.0 Å². The molecule has 0 aromatic heterocycles. The molecule has 0 aliphatic heterocycles. The van der Waals surface area contributed by atoms with Crippen LogP contribution >= 0.6 is 24.0 Å². The van der Waals surface area contributed by atoms with Crippen LogP contribution in [-0.4, -0.2) is 25.0 Å². The lowest BCUT2D eigenvalue weighted by atomic mass is 9.96. The zero-order chi connectivity index (χ0) is 17.2. The maximum Gasteiger partial charge on any atom is 0.224 e. The summed E-state index contributed by atoms with van der Waals surface area (Å²) in [5.74, 6) is 0.916. The van der Waals surface area contributed by atoms with Crippen LogP contribution in [0.25, 0.3) is 0 Å². The fourth-order valence-electron chi connectivity index (χ4n) is 3.03. The van der Waals surface area contributed by atoms with E-state index in [1.54, 1.807) is 7.05 Å². The van der Waals surface area contributed by atoms with Crippen molar-refractivity contribution >= 4 is 41.5 Å². The van der Waals surface area contributed by atoms with Crippen molar-refractivity contribution in [3.8, 4) is 0 Å². The summed E-state index contributed by atoms with van der Waals surface area (Å²) in [5, 5.41) is 9.81. The highest BCUT2D eigenvalue weighted by atomic mass is 127. The molecule has 0 saturated heterocycles. The van der Waals surface area contributed by atoms with Crippen LogP contribution in [0.15, 0.2) is 29.3 Å². The lowest BCUT2D eigenvalue weighted by Gasteiger charge is -2.25. The molecule has 1 aliphatic rings. The predicted octanol–water partition coefficient (Wildman–Crippen LogP) is 4.04. The van der Waals surface area contributed by atoms with Gasteiger partial charge in [0, 0.05) is 31.7 Å². The van der Waals surface area contributed by atoms with Crippen molar-refractivity contribution in [3.63, 3.8) is 0 Å². The number of guanidine groups is 1. The fourth-order valence-corrected chi connectivity index (χ4v) is 3.03. The van der Waals surface area contributed by atoms with Crippen LogP contribution in [0.3, 0.4) is 0 Å². The average molecular weight is 458 g/mol. The third-order valence-electron chi connectivity index (χ3n) is 4.32. The van der Waals surface area contributed by atoms with Crippen molar-refractivity contribution in [3.05, 3.63) is 29.8 Å². The number of amides is 1. The summed E-state index contributed by atoms with van der Waals surface area (Å²) in [6.45, 7) is 2.69. The quantitative estimate of drug-likeness (QED) is 0.343. The fraction of sp³-hybridized carbons (Fsp3) is 0.579. The zero-order valence-electron chi connectivity index (χ0n) is 15.3. The minimum absolute atomic E-state index is 0. The molecule has 140 valence electrons. The Hall–Kier alpha value is -1.31. The molecule has 0 radical (unpaired) electrons. The number of anilines is 1. The molecule has 3 N–H and O–H groups in total. The molecule has 5 nitrogen and oxygen atoms in total. The van der Waals surface area contributed by atoms with E-state index < -0.39 is 0 Å². The number of nitrogens with zero attached hydrogens (tertiary/aromatic N) is 1. The van der Waals surface area contributed by atoms with Crippen molar-refractivity contribution in [2.45, 2.75) is 64.5 Å². The summed E-state index contributed by atoms with van der Waals surface area (Å²) in [5.41, 5.74) is 1.97. The molecule has 1 aromatic carbocycles. The number of hydrogen-bond donors (Lipinski definition) is 3. The van der Waals surface area contributed by atoms with Crippen LogP contribution in [0.2, 0.25) is 0 Å². The summed E-state index contributed by atoms with van der Waals surface area (Å²) >= 11 is 0. The molecule has 2 rings (SSSR count). The van der Waals surface area contributed by atoms with E-state index in [4.69, 9.17) is 0 Å². The van der Waals surface area contributed by atoms with E-state index in [1.165, 1.54) is 32.1 Å². The molecule has 1 fully saturated rings. The highest BCUT2D eigenvalue weighted by Crippen LogP contribution is 2.17. The number of aliphatic imine (C=N–C) groups is 1. The van der Waals surface area contributed by atoms with Crippen molar-refractivity contribution in [2.75, 3.05) is 12.4 Å². The lowest BCUT2D eigenvalue weighted by Crippen LogP contribution is -2.43. The maximum atomic E-state index is 11.7. The predicted molar refractivity (Wildman–Crippen MR) is 116 cm³/mol. The SMILES string of the molecule is CCCC(=O)Nc1cccc(CNC(=NC)NC2CCCCC2)c1.I. The Labute approximate surface area is 168 Å².